The molecule has 5 nitrogen and oxygen atoms in total. The number of aliphatic hydroxyl groups excluding tert-OH is 1. The summed E-state index contributed by atoms with van der Waals surface area (Å²) in [7, 11) is 0. The first-order valence-electron chi connectivity index (χ1n) is 12.1. The van der Waals surface area contributed by atoms with Crippen molar-refractivity contribution in [2.24, 2.45) is 0 Å². The summed E-state index contributed by atoms with van der Waals surface area (Å²) in [5.74, 6) is -0.858. The molecule has 0 radical (unpaired) electrons. The Kier molecular flexibility index (Phi) is 10.2. The van der Waals surface area contributed by atoms with Crippen molar-refractivity contribution in [1.82, 2.24) is 4.90 Å². The van der Waals surface area contributed by atoms with Crippen LogP contribution in [0.15, 0.2) is 36.4 Å². The highest BCUT2D eigenvalue weighted by Crippen LogP contribution is 2.31. The van der Waals surface area contributed by atoms with Crippen molar-refractivity contribution in [2.45, 2.75) is 70.6 Å². The van der Waals surface area contributed by atoms with Crippen LogP contribution in [-0.4, -0.2) is 52.9 Å². The molecule has 7 heteroatoms. The number of ether oxygens (including phenoxy) is 1. The maximum absolute atomic E-state index is 11.1. The summed E-state index contributed by atoms with van der Waals surface area (Å²) in [5.41, 5.74) is 4.01. The molecule has 1 saturated heterocycles. The molecule has 1 aliphatic rings. The quantitative estimate of drug-likeness (QED) is 0.376. The Bertz CT molecular complexity index is 968. The predicted molar refractivity (Wildman–Crippen MR) is 137 cm³/mol. The number of carboxylic acid groups (broad SMARTS) is 1. The first-order valence-corrected chi connectivity index (χ1v) is 12.8. The van der Waals surface area contributed by atoms with Gasteiger partial charge >= 0.3 is 5.97 Å². The van der Waals surface area contributed by atoms with Gasteiger partial charge in [0, 0.05) is 29.1 Å². The second kappa shape index (κ2) is 12.9. The van der Waals surface area contributed by atoms with E-state index in [2.05, 4.69) is 17.0 Å². The fourth-order valence-corrected chi connectivity index (χ4v) is 5.23. The van der Waals surface area contributed by atoms with Crippen LogP contribution in [0.3, 0.4) is 0 Å². The summed E-state index contributed by atoms with van der Waals surface area (Å²) in [5, 5.41) is 21.2. The summed E-state index contributed by atoms with van der Waals surface area (Å²) in [6, 6.07) is 12.2. The highest BCUT2D eigenvalue weighted by molar-refractivity contribution is 6.31. The summed E-state index contributed by atoms with van der Waals surface area (Å²) < 4.78 is 6.13. The Morgan fingerprint density at radius 1 is 1.24 bits per heavy atom. The predicted octanol–water partition coefficient (Wildman–Crippen LogP) is 5.85. The second-order valence-electron chi connectivity index (χ2n) is 9.16. The number of benzene rings is 2. The zero-order valence-electron chi connectivity index (χ0n) is 20.0. The molecule has 0 aliphatic carbocycles. The minimum Gasteiger partial charge on any atom is -0.481 e. The molecule has 0 bridgehead atoms. The molecule has 1 heterocycles. The number of aliphatic carboxylic acids is 1. The Hall–Kier alpha value is -1.63. The molecule has 0 saturated carbocycles. The number of β-amino-alcohol motifs (C(OH)–C–C–N with tert-alkyl or cyclic N) is 1. The van der Waals surface area contributed by atoms with E-state index in [0.29, 0.717) is 30.5 Å². The number of rotatable bonds is 12. The third-order valence-corrected chi connectivity index (χ3v) is 7.36. The van der Waals surface area contributed by atoms with Crippen molar-refractivity contribution >= 4 is 29.2 Å². The minimum absolute atomic E-state index is 0.0122. The summed E-state index contributed by atoms with van der Waals surface area (Å²) in [4.78, 5) is 13.4. The zero-order valence-corrected chi connectivity index (χ0v) is 21.5. The van der Waals surface area contributed by atoms with Gasteiger partial charge in [-0.3, -0.25) is 9.69 Å². The molecule has 34 heavy (non-hydrogen) atoms. The van der Waals surface area contributed by atoms with E-state index in [1.165, 1.54) is 5.56 Å². The van der Waals surface area contributed by atoms with Crippen LogP contribution in [0.5, 0.6) is 0 Å². The monoisotopic (exact) mass is 507 g/mol. The Morgan fingerprint density at radius 3 is 2.74 bits per heavy atom. The van der Waals surface area contributed by atoms with E-state index >= 15 is 0 Å². The van der Waals surface area contributed by atoms with Gasteiger partial charge in [0.15, 0.2) is 0 Å². The first-order chi connectivity index (χ1) is 16.3. The van der Waals surface area contributed by atoms with Gasteiger partial charge in [0.1, 0.15) is 0 Å². The molecule has 3 atom stereocenters. The molecule has 0 aromatic heterocycles. The maximum Gasteiger partial charge on any atom is 0.303 e. The molecule has 2 aromatic carbocycles. The normalized spacial score (nSPS) is 18.2. The molecule has 1 aliphatic heterocycles. The summed E-state index contributed by atoms with van der Waals surface area (Å²) in [6.07, 6.45) is 3.34. The van der Waals surface area contributed by atoms with Crippen LogP contribution in [0, 0.1) is 6.92 Å². The molecule has 0 spiro atoms. The lowest BCUT2D eigenvalue weighted by Crippen LogP contribution is -2.39. The summed E-state index contributed by atoms with van der Waals surface area (Å²) in [6.45, 7) is 5.76. The molecule has 3 rings (SSSR count). The molecule has 186 valence electrons. The smallest absolute Gasteiger partial charge is 0.303 e. The lowest BCUT2D eigenvalue weighted by atomic mass is 9.97. The van der Waals surface area contributed by atoms with Crippen LogP contribution in [0.1, 0.15) is 61.0 Å². The fraction of sp³-hybridized carbons (Fsp3) is 0.519. The average Bonchev–Trinajstić information content (AvgIpc) is 3.22. The molecule has 2 N–H and O–H groups in total. The van der Waals surface area contributed by atoms with E-state index in [0.717, 1.165) is 47.5 Å². The van der Waals surface area contributed by atoms with Crippen LogP contribution in [-0.2, 0) is 22.4 Å². The van der Waals surface area contributed by atoms with E-state index in [9.17, 15) is 9.90 Å². The minimum atomic E-state index is -0.858. The Morgan fingerprint density at radius 2 is 2.03 bits per heavy atom. The van der Waals surface area contributed by atoms with Gasteiger partial charge in [0.05, 0.1) is 18.8 Å². The highest BCUT2D eigenvalue weighted by Gasteiger charge is 2.27. The molecular formula is C27H35Cl2NO4. The first kappa shape index (κ1) is 27.0. The molecule has 1 fully saturated rings. The Labute approximate surface area is 212 Å². The number of halogens is 2. The van der Waals surface area contributed by atoms with Crippen molar-refractivity contribution in [3.63, 3.8) is 0 Å². The van der Waals surface area contributed by atoms with Crippen molar-refractivity contribution in [2.75, 3.05) is 19.7 Å². The van der Waals surface area contributed by atoms with Crippen molar-refractivity contribution in [3.8, 4) is 0 Å². The van der Waals surface area contributed by atoms with E-state index in [1.54, 1.807) is 6.07 Å². The number of hydrogen-bond acceptors (Lipinski definition) is 4. The lowest BCUT2D eigenvalue weighted by molar-refractivity contribution is -0.136. The van der Waals surface area contributed by atoms with Gasteiger partial charge in [0.2, 0.25) is 0 Å². The molecule has 0 unspecified atom stereocenters. The number of likely N-dealkylation sites (tertiary alicyclic amines) is 1. The number of nitrogens with zero attached hydrogens (tertiary/aromatic N) is 1. The van der Waals surface area contributed by atoms with E-state index in [4.69, 9.17) is 33.0 Å². The third-order valence-electron chi connectivity index (χ3n) is 6.60. The fourth-order valence-electron chi connectivity index (χ4n) is 4.75. The van der Waals surface area contributed by atoms with Gasteiger partial charge in [-0.2, -0.15) is 0 Å². The van der Waals surface area contributed by atoms with E-state index in [1.807, 2.05) is 32.0 Å². The van der Waals surface area contributed by atoms with Gasteiger partial charge in [0.25, 0.3) is 0 Å². The Balaban J connectivity index is 1.58. The largest absolute Gasteiger partial charge is 0.481 e. The zero-order chi connectivity index (χ0) is 24.7. The number of carbonyl (C=O) groups is 1. The van der Waals surface area contributed by atoms with E-state index < -0.39 is 12.1 Å². The molecule has 2 aromatic rings. The molecular weight excluding hydrogens is 473 g/mol. The SMILES string of the molecule is CC[C@@H](OC[C@H](O)CN1CCC[C@H]1Cc1ccc(C)c(Cl)c1)c1cccc(Cl)c1CCC(=O)O. The van der Waals surface area contributed by atoms with Gasteiger partial charge in [-0.1, -0.05) is 54.4 Å². The molecule has 0 amide bonds. The van der Waals surface area contributed by atoms with E-state index in [-0.39, 0.29) is 19.1 Å². The average molecular weight is 508 g/mol. The second-order valence-corrected chi connectivity index (χ2v) is 9.98. The number of hydrogen-bond donors (Lipinski definition) is 2. The van der Waals surface area contributed by atoms with Crippen LogP contribution < -0.4 is 0 Å². The van der Waals surface area contributed by atoms with Gasteiger partial charge < -0.3 is 14.9 Å². The van der Waals surface area contributed by atoms with Crippen molar-refractivity contribution in [3.05, 3.63) is 68.7 Å². The number of aliphatic hydroxyl groups is 1. The lowest BCUT2D eigenvalue weighted by Gasteiger charge is -2.28. The van der Waals surface area contributed by atoms with Crippen LogP contribution in [0.4, 0.5) is 0 Å². The van der Waals surface area contributed by atoms with Crippen LogP contribution in [0.25, 0.3) is 0 Å². The van der Waals surface area contributed by atoms with Crippen molar-refractivity contribution < 1.29 is 19.7 Å². The standard InChI is InChI=1S/C27H35Cl2NO4/c1-3-26(23-7-4-8-24(28)22(23)11-12-27(32)33)34-17-21(31)16-30-13-5-6-20(30)14-19-10-9-18(2)25(29)15-19/h4,7-10,15,20-21,26,31H,3,5-6,11-14,16-17H2,1-2H3,(H,32,33)/t20-,21+,26+/m0/s1. The summed E-state index contributed by atoms with van der Waals surface area (Å²) >= 11 is 12.7. The van der Waals surface area contributed by atoms with Crippen molar-refractivity contribution in [1.29, 1.82) is 0 Å². The van der Waals surface area contributed by atoms with Gasteiger partial charge in [-0.25, -0.2) is 0 Å². The highest BCUT2D eigenvalue weighted by atomic mass is 35.5. The van der Waals surface area contributed by atoms with Gasteiger partial charge in [-0.15, -0.1) is 0 Å². The van der Waals surface area contributed by atoms with Crippen LogP contribution >= 0.6 is 23.2 Å². The van der Waals surface area contributed by atoms with Gasteiger partial charge in [-0.05, 0) is 80.0 Å². The maximum atomic E-state index is 11.1. The number of carboxylic acids is 1. The topological polar surface area (TPSA) is 70.0 Å². The van der Waals surface area contributed by atoms with Crippen LogP contribution in [0.2, 0.25) is 10.0 Å². The third kappa shape index (κ3) is 7.43. The number of aryl methyl sites for hydroxylation is 1.